The second-order valence-electron chi connectivity index (χ2n) is 7.07. The molecule has 1 amide bonds. The number of carbonyl (C=O) groups excluding carboxylic acids is 1. The Hall–Kier alpha value is -2.52. The lowest BCUT2D eigenvalue weighted by atomic mass is 10.2. The van der Waals surface area contributed by atoms with Gasteiger partial charge in [-0.1, -0.05) is 52.6 Å². The molecule has 0 bridgehead atoms. The van der Waals surface area contributed by atoms with Gasteiger partial charge >= 0.3 is 0 Å². The number of benzene rings is 2. The number of hydrazone groups is 1. The third-order valence-corrected chi connectivity index (χ3v) is 6.05. The minimum absolute atomic E-state index is 0.129. The molecule has 11 heteroatoms. The van der Waals surface area contributed by atoms with Gasteiger partial charge in [-0.15, -0.1) is 0 Å². The fourth-order valence-corrected chi connectivity index (χ4v) is 4.32. The molecule has 3 aromatic rings. The topological polar surface area (TPSA) is 85.7 Å². The van der Waals surface area contributed by atoms with E-state index in [0.29, 0.717) is 37.3 Å². The highest BCUT2D eigenvalue weighted by Gasteiger charge is 2.13. The van der Waals surface area contributed by atoms with Crippen LogP contribution in [-0.4, -0.2) is 35.0 Å². The van der Waals surface area contributed by atoms with E-state index in [9.17, 15) is 4.79 Å². The molecule has 0 atom stereocenters. The van der Waals surface area contributed by atoms with Gasteiger partial charge in [-0.05, 0) is 49.7 Å². The maximum atomic E-state index is 12.1. The van der Waals surface area contributed by atoms with Crippen LogP contribution in [0.4, 0.5) is 0 Å². The highest BCUT2D eigenvalue weighted by molar-refractivity contribution is 7.99. The maximum absolute atomic E-state index is 12.1. The number of methoxy groups -OCH3 is 1. The van der Waals surface area contributed by atoms with Crippen LogP contribution in [0.3, 0.4) is 0 Å². The normalized spacial score (nSPS) is 11.0. The molecular weight excluding hydrogens is 519 g/mol. The number of halogens is 3. The predicted octanol–water partition coefficient (Wildman–Crippen LogP) is 5.88. The Kier molecular flexibility index (Phi) is 9.41. The number of nitrogens with one attached hydrogen (secondary N) is 1. The summed E-state index contributed by atoms with van der Waals surface area (Å²) in [5.74, 6) is 0.612. The first-order valence-corrected chi connectivity index (χ1v) is 12.1. The standard InChI is InChI=1S/C23H21Cl3N4O3S/c1-13-6-14(2)29-23(28-13)34-12-21(31)30-27-10-15-7-19(26)22(20(8-15)32-3)33-11-16-4-5-17(24)9-18(16)25/h4-10H,11-12H2,1-3H3,(H,30,31)/b27-10-. The van der Waals surface area contributed by atoms with E-state index in [1.807, 2.05) is 19.9 Å². The number of carbonyl (C=O) groups is 1. The van der Waals surface area contributed by atoms with Crippen LogP contribution in [0.25, 0.3) is 0 Å². The van der Waals surface area contributed by atoms with Crippen molar-refractivity contribution in [3.05, 3.63) is 74.0 Å². The average molecular weight is 540 g/mol. The number of aryl methyl sites for hydroxylation is 2. The number of rotatable bonds is 9. The van der Waals surface area contributed by atoms with Crippen LogP contribution in [0.15, 0.2) is 46.7 Å². The molecule has 7 nitrogen and oxygen atoms in total. The van der Waals surface area contributed by atoms with Crippen molar-refractivity contribution in [2.75, 3.05) is 12.9 Å². The van der Waals surface area contributed by atoms with Gasteiger partial charge in [0.2, 0.25) is 0 Å². The van der Waals surface area contributed by atoms with E-state index in [1.54, 1.807) is 30.3 Å². The van der Waals surface area contributed by atoms with Gasteiger partial charge in [0.1, 0.15) is 6.61 Å². The SMILES string of the molecule is COc1cc(/C=N\NC(=O)CSc2nc(C)cc(C)n2)cc(Cl)c1OCc1ccc(Cl)cc1Cl. The summed E-state index contributed by atoms with van der Waals surface area (Å²) in [4.78, 5) is 20.7. The summed E-state index contributed by atoms with van der Waals surface area (Å²) in [5.41, 5.74) is 5.54. The minimum atomic E-state index is -0.290. The van der Waals surface area contributed by atoms with Gasteiger partial charge in [0, 0.05) is 27.0 Å². The van der Waals surface area contributed by atoms with Crippen LogP contribution < -0.4 is 14.9 Å². The maximum Gasteiger partial charge on any atom is 0.250 e. The molecule has 0 aliphatic carbocycles. The van der Waals surface area contributed by atoms with Gasteiger partial charge in [-0.25, -0.2) is 15.4 Å². The van der Waals surface area contributed by atoms with Crippen molar-refractivity contribution in [1.29, 1.82) is 0 Å². The highest BCUT2D eigenvalue weighted by Crippen LogP contribution is 2.37. The Morgan fingerprint density at radius 1 is 1.09 bits per heavy atom. The Morgan fingerprint density at radius 3 is 2.50 bits per heavy atom. The van der Waals surface area contributed by atoms with Crippen LogP contribution >= 0.6 is 46.6 Å². The first kappa shape index (κ1) is 26.1. The largest absolute Gasteiger partial charge is 0.493 e. The van der Waals surface area contributed by atoms with Crippen molar-refractivity contribution in [3.63, 3.8) is 0 Å². The summed E-state index contributed by atoms with van der Waals surface area (Å²) >= 11 is 19.8. The zero-order valence-corrected chi connectivity index (χ0v) is 21.6. The fourth-order valence-electron chi connectivity index (χ4n) is 2.84. The zero-order valence-electron chi connectivity index (χ0n) is 18.6. The molecule has 0 saturated heterocycles. The molecule has 0 saturated carbocycles. The van der Waals surface area contributed by atoms with Crippen LogP contribution in [0.5, 0.6) is 11.5 Å². The van der Waals surface area contributed by atoms with Gasteiger partial charge in [0.25, 0.3) is 5.91 Å². The number of amides is 1. The molecule has 1 aromatic heterocycles. The van der Waals surface area contributed by atoms with E-state index in [-0.39, 0.29) is 18.3 Å². The molecule has 0 aliphatic heterocycles. The molecule has 1 heterocycles. The number of hydrogen-bond acceptors (Lipinski definition) is 7. The minimum Gasteiger partial charge on any atom is -0.493 e. The molecule has 178 valence electrons. The lowest BCUT2D eigenvalue weighted by molar-refractivity contribution is -0.118. The summed E-state index contributed by atoms with van der Waals surface area (Å²) in [6, 6.07) is 10.4. The Balaban J connectivity index is 1.60. The first-order valence-electron chi connectivity index (χ1n) is 9.96. The van der Waals surface area contributed by atoms with Gasteiger partial charge < -0.3 is 9.47 Å². The van der Waals surface area contributed by atoms with Crippen LogP contribution in [0, 0.1) is 13.8 Å². The van der Waals surface area contributed by atoms with Crippen molar-refractivity contribution in [3.8, 4) is 11.5 Å². The smallest absolute Gasteiger partial charge is 0.250 e. The van der Waals surface area contributed by atoms with E-state index in [1.165, 1.54) is 25.1 Å². The monoisotopic (exact) mass is 538 g/mol. The van der Waals surface area contributed by atoms with Crippen LogP contribution in [0.1, 0.15) is 22.5 Å². The second kappa shape index (κ2) is 12.3. The summed E-state index contributed by atoms with van der Waals surface area (Å²) in [6.45, 7) is 3.94. The van der Waals surface area contributed by atoms with Crippen LogP contribution in [0.2, 0.25) is 15.1 Å². The average Bonchev–Trinajstić information content (AvgIpc) is 2.77. The molecule has 2 aromatic carbocycles. The van der Waals surface area contributed by atoms with E-state index < -0.39 is 0 Å². The van der Waals surface area contributed by atoms with Crippen molar-refractivity contribution < 1.29 is 14.3 Å². The van der Waals surface area contributed by atoms with Crippen molar-refractivity contribution in [2.24, 2.45) is 5.10 Å². The zero-order chi connectivity index (χ0) is 24.7. The van der Waals surface area contributed by atoms with Gasteiger partial charge in [-0.3, -0.25) is 4.79 Å². The van der Waals surface area contributed by atoms with E-state index >= 15 is 0 Å². The second-order valence-corrected chi connectivity index (χ2v) is 9.27. The third kappa shape index (κ3) is 7.50. The molecule has 0 fully saturated rings. The number of thioether (sulfide) groups is 1. The Labute approximate surface area is 216 Å². The molecule has 0 aliphatic rings. The van der Waals surface area contributed by atoms with E-state index in [2.05, 4.69) is 20.5 Å². The van der Waals surface area contributed by atoms with Crippen molar-refractivity contribution in [1.82, 2.24) is 15.4 Å². The van der Waals surface area contributed by atoms with E-state index in [0.717, 1.165) is 17.0 Å². The summed E-state index contributed by atoms with van der Waals surface area (Å²) in [6.07, 6.45) is 1.46. The van der Waals surface area contributed by atoms with E-state index in [4.69, 9.17) is 44.3 Å². The molecule has 1 N–H and O–H groups in total. The Morgan fingerprint density at radius 2 is 1.82 bits per heavy atom. The number of hydrogen-bond donors (Lipinski definition) is 1. The summed E-state index contributed by atoms with van der Waals surface area (Å²) in [5, 5.41) is 5.88. The number of aromatic nitrogens is 2. The third-order valence-electron chi connectivity index (χ3n) is 4.34. The lowest BCUT2D eigenvalue weighted by Crippen LogP contribution is -2.19. The fraction of sp³-hybridized carbons (Fsp3) is 0.217. The predicted molar refractivity (Wildman–Crippen MR) is 137 cm³/mol. The molecule has 0 spiro atoms. The molecule has 0 radical (unpaired) electrons. The summed E-state index contributed by atoms with van der Waals surface area (Å²) in [7, 11) is 1.50. The quantitative estimate of drug-likeness (QED) is 0.158. The highest BCUT2D eigenvalue weighted by atomic mass is 35.5. The van der Waals surface area contributed by atoms with Crippen molar-refractivity contribution >= 4 is 58.7 Å². The van der Waals surface area contributed by atoms with Crippen molar-refractivity contribution in [2.45, 2.75) is 25.6 Å². The lowest BCUT2D eigenvalue weighted by Gasteiger charge is -2.14. The molecule has 34 heavy (non-hydrogen) atoms. The Bertz CT molecular complexity index is 1200. The van der Waals surface area contributed by atoms with Gasteiger partial charge in [0.05, 0.1) is 24.1 Å². The van der Waals surface area contributed by atoms with Gasteiger partial charge in [-0.2, -0.15) is 5.10 Å². The molecule has 3 rings (SSSR count). The first-order chi connectivity index (χ1) is 16.2. The number of ether oxygens (including phenoxy) is 2. The number of nitrogens with zero attached hydrogens (tertiary/aromatic N) is 3. The van der Waals surface area contributed by atoms with Crippen LogP contribution in [-0.2, 0) is 11.4 Å². The van der Waals surface area contributed by atoms with Gasteiger partial charge in [0.15, 0.2) is 16.7 Å². The summed E-state index contributed by atoms with van der Waals surface area (Å²) < 4.78 is 11.2. The molecule has 0 unspecified atom stereocenters. The molecular formula is C23H21Cl3N4O3S.